The van der Waals surface area contributed by atoms with E-state index in [0.717, 1.165) is 89.1 Å². The summed E-state index contributed by atoms with van der Waals surface area (Å²) in [5, 5.41) is 20.7. The van der Waals surface area contributed by atoms with E-state index in [9.17, 15) is 5.26 Å². The summed E-state index contributed by atoms with van der Waals surface area (Å²) in [6.45, 7) is 9.22. The SMILES string of the molecule is N#Cc1c(N2CCNCC2)nc(N2CCNCC2)c2c1CN(c1cccc3sccc13)CC2. The van der Waals surface area contributed by atoms with Crippen LogP contribution < -0.4 is 25.3 Å². The van der Waals surface area contributed by atoms with Gasteiger partial charge in [-0.1, -0.05) is 6.07 Å². The highest BCUT2D eigenvalue weighted by Crippen LogP contribution is 2.39. The molecular formula is C25H29N7S. The summed E-state index contributed by atoms with van der Waals surface area (Å²) in [7, 11) is 0. The third-order valence-corrected chi connectivity index (χ3v) is 7.99. The Bertz CT molecular complexity index is 1200. The smallest absolute Gasteiger partial charge is 0.149 e. The van der Waals surface area contributed by atoms with Crippen molar-refractivity contribution in [3.63, 3.8) is 0 Å². The molecule has 8 heteroatoms. The third-order valence-electron chi connectivity index (χ3n) is 7.11. The van der Waals surface area contributed by atoms with Gasteiger partial charge in [0.15, 0.2) is 0 Å². The monoisotopic (exact) mass is 459 g/mol. The van der Waals surface area contributed by atoms with Crippen LogP contribution in [-0.4, -0.2) is 63.9 Å². The molecule has 3 aliphatic rings. The Balaban J connectivity index is 1.46. The highest BCUT2D eigenvalue weighted by Gasteiger charge is 2.31. The molecule has 0 bridgehead atoms. The Morgan fingerprint density at radius 1 is 0.848 bits per heavy atom. The molecule has 0 saturated carbocycles. The van der Waals surface area contributed by atoms with Crippen molar-refractivity contribution in [3.05, 3.63) is 46.3 Å². The second kappa shape index (κ2) is 8.82. The summed E-state index contributed by atoms with van der Waals surface area (Å²) in [6, 6.07) is 11.4. The maximum atomic E-state index is 10.3. The first kappa shape index (κ1) is 20.7. The Morgan fingerprint density at radius 2 is 1.58 bits per heavy atom. The molecule has 2 N–H and O–H groups in total. The second-order valence-corrected chi connectivity index (χ2v) is 9.91. The Labute approximate surface area is 198 Å². The van der Waals surface area contributed by atoms with Crippen LogP contribution in [-0.2, 0) is 13.0 Å². The molecule has 7 nitrogen and oxygen atoms in total. The van der Waals surface area contributed by atoms with Crippen LogP contribution in [0.25, 0.3) is 10.1 Å². The number of fused-ring (bicyclic) bond motifs is 2. The number of hydrogen-bond acceptors (Lipinski definition) is 8. The van der Waals surface area contributed by atoms with Crippen LogP contribution in [0.4, 0.5) is 17.3 Å². The van der Waals surface area contributed by atoms with Crippen LogP contribution in [0.1, 0.15) is 16.7 Å². The van der Waals surface area contributed by atoms with Gasteiger partial charge in [-0.25, -0.2) is 4.98 Å². The van der Waals surface area contributed by atoms with Crippen molar-refractivity contribution in [1.82, 2.24) is 15.6 Å². The van der Waals surface area contributed by atoms with E-state index in [1.54, 1.807) is 11.3 Å². The van der Waals surface area contributed by atoms with Gasteiger partial charge in [-0.3, -0.25) is 0 Å². The van der Waals surface area contributed by atoms with E-state index in [1.165, 1.54) is 26.9 Å². The van der Waals surface area contributed by atoms with Crippen molar-refractivity contribution < 1.29 is 0 Å². The first-order valence-corrected chi connectivity index (χ1v) is 12.8. The molecule has 0 aliphatic carbocycles. The number of benzene rings is 1. The van der Waals surface area contributed by atoms with Crippen LogP contribution in [0, 0.1) is 11.3 Å². The standard InChI is InChI=1S/C25H29N7S/c26-16-20-21-17-32(22-2-1-3-23-19(22)5-15-33-23)10-4-18(21)24(30-11-6-27-7-12-30)29-25(20)31-13-8-28-9-14-31/h1-3,5,15,27-28H,4,6-14,17H2. The van der Waals surface area contributed by atoms with Gasteiger partial charge in [-0.2, -0.15) is 5.26 Å². The van der Waals surface area contributed by atoms with Gasteiger partial charge < -0.3 is 25.3 Å². The van der Waals surface area contributed by atoms with Crippen molar-refractivity contribution in [2.45, 2.75) is 13.0 Å². The van der Waals surface area contributed by atoms with Gasteiger partial charge in [0.05, 0.1) is 5.56 Å². The van der Waals surface area contributed by atoms with E-state index in [2.05, 4.69) is 61.0 Å². The largest absolute Gasteiger partial charge is 0.366 e. The normalized spacial score (nSPS) is 18.9. The fourth-order valence-corrected chi connectivity index (χ4v) is 6.23. The fourth-order valence-electron chi connectivity index (χ4n) is 5.42. The van der Waals surface area contributed by atoms with Crippen molar-refractivity contribution in [2.24, 2.45) is 0 Å². The first-order chi connectivity index (χ1) is 16.3. The molecule has 2 fully saturated rings. The fraction of sp³-hybridized carbons (Fsp3) is 0.440. The number of thiophene rings is 1. The summed E-state index contributed by atoms with van der Waals surface area (Å²) in [5.41, 5.74) is 4.50. The van der Waals surface area contributed by atoms with Gasteiger partial charge >= 0.3 is 0 Å². The molecule has 3 aromatic rings. The molecular weight excluding hydrogens is 430 g/mol. The van der Waals surface area contributed by atoms with Crippen LogP contribution >= 0.6 is 11.3 Å². The molecule has 0 radical (unpaired) electrons. The number of piperazine rings is 2. The van der Waals surface area contributed by atoms with Crippen LogP contribution in [0.15, 0.2) is 29.6 Å². The van der Waals surface area contributed by atoms with Gasteiger partial charge in [-0.05, 0) is 35.6 Å². The first-order valence-electron chi connectivity index (χ1n) is 11.9. The van der Waals surface area contributed by atoms with E-state index >= 15 is 0 Å². The predicted molar refractivity (Wildman–Crippen MR) is 136 cm³/mol. The van der Waals surface area contributed by atoms with Crippen LogP contribution in [0.5, 0.6) is 0 Å². The zero-order valence-corrected chi connectivity index (χ0v) is 19.6. The lowest BCUT2D eigenvalue weighted by atomic mass is 9.94. The molecule has 170 valence electrons. The quantitative estimate of drug-likeness (QED) is 0.624. The lowest BCUT2D eigenvalue weighted by molar-refractivity contribution is 0.572. The minimum absolute atomic E-state index is 0.758. The third kappa shape index (κ3) is 3.70. The van der Waals surface area contributed by atoms with Gasteiger partial charge in [-0.15, -0.1) is 11.3 Å². The van der Waals surface area contributed by atoms with Crippen molar-refractivity contribution in [2.75, 3.05) is 73.6 Å². The average Bonchev–Trinajstić information content (AvgIpc) is 3.37. The summed E-state index contributed by atoms with van der Waals surface area (Å²) < 4.78 is 1.32. The highest BCUT2D eigenvalue weighted by atomic mass is 32.1. The van der Waals surface area contributed by atoms with E-state index in [4.69, 9.17) is 4.98 Å². The topological polar surface area (TPSA) is 70.5 Å². The van der Waals surface area contributed by atoms with Gasteiger partial charge in [0.25, 0.3) is 0 Å². The van der Waals surface area contributed by atoms with Gasteiger partial charge in [0.1, 0.15) is 17.7 Å². The average molecular weight is 460 g/mol. The summed E-state index contributed by atoms with van der Waals surface area (Å²) in [4.78, 5) is 12.4. The predicted octanol–water partition coefficient (Wildman–Crippen LogP) is 2.55. The Morgan fingerprint density at radius 3 is 2.30 bits per heavy atom. The van der Waals surface area contributed by atoms with Crippen molar-refractivity contribution >= 4 is 38.7 Å². The molecule has 3 aliphatic heterocycles. The molecule has 1 aromatic carbocycles. The molecule has 2 saturated heterocycles. The zero-order chi connectivity index (χ0) is 22.2. The molecule has 2 aromatic heterocycles. The number of nitrogens with one attached hydrogen (secondary N) is 2. The molecule has 0 unspecified atom stereocenters. The van der Waals surface area contributed by atoms with Crippen molar-refractivity contribution in [3.8, 4) is 6.07 Å². The van der Waals surface area contributed by atoms with Crippen molar-refractivity contribution in [1.29, 1.82) is 5.26 Å². The lowest BCUT2D eigenvalue weighted by Gasteiger charge is -2.38. The van der Waals surface area contributed by atoms with E-state index in [-0.39, 0.29) is 0 Å². The number of pyridine rings is 1. The van der Waals surface area contributed by atoms with E-state index in [1.807, 2.05) is 0 Å². The second-order valence-electron chi connectivity index (χ2n) is 8.96. The molecule has 0 atom stereocenters. The number of nitriles is 1. The Kier molecular flexibility index (Phi) is 5.54. The number of hydrogen-bond donors (Lipinski definition) is 2. The highest BCUT2D eigenvalue weighted by molar-refractivity contribution is 7.17. The van der Waals surface area contributed by atoms with Gasteiger partial charge in [0.2, 0.25) is 0 Å². The number of rotatable bonds is 3. The summed E-state index contributed by atoms with van der Waals surface area (Å²) in [6.07, 6.45) is 0.915. The molecule has 33 heavy (non-hydrogen) atoms. The zero-order valence-electron chi connectivity index (χ0n) is 18.8. The minimum Gasteiger partial charge on any atom is -0.366 e. The summed E-state index contributed by atoms with van der Waals surface area (Å²) in [5.74, 6) is 1.98. The van der Waals surface area contributed by atoms with Crippen LogP contribution in [0.3, 0.4) is 0 Å². The molecule has 0 amide bonds. The molecule has 5 heterocycles. The summed E-state index contributed by atoms with van der Waals surface area (Å²) >= 11 is 1.79. The van der Waals surface area contributed by atoms with Crippen LogP contribution in [0.2, 0.25) is 0 Å². The Hall–Kier alpha value is -2.86. The maximum absolute atomic E-state index is 10.3. The van der Waals surface area contributed by atoms with E-state index in [0.29, 0.717) is 0 Å². The maximum Gasteiger partial charge on any atom is 0.149 e. The number of aromatic nitrogens is 1. The molecule has 0 spiro atoms. The number of nitrogens with zero attached hydrogens (tertiary/aromatic N) is 5. The minimum atomic E-state index is 0.758. The van der Waals surface area contributed by atoms with E-state index < -0.39 is 0 Å². The number of anilines is 3. The lowest BCUT2D eigenvalue weighted by Crippen LogP contribution is -2.46. The van der Waals surface area contributed by atoms with Gasteiger partial charge in [0, 0.05) is 86.8 Å². The molecule has 6 rings (SSSR count).